The van der Waals surface area contributed by atoms with Crippen molar-refractivity contribution in [2.75, 3.05) is 13.6 Å². The molecule has 0 aliphatic carbocycles. The van der Waals surface area contributed by atoms with Gasteiger partial charge >= 0.3 is 0 Å². The van der Waals surface area contributed by atoms with E-state index < -0.39 is 0 Å². The van der Waals surface area contributed by atoms with Gasteiger partial charge in [-0.1, -0.05) is 42.5 Å². The fraction of sp³-hybridized carbons (Fsp3) is 0.263. The average Bonchev–Trinajstić information content (AvgIpc) is 3.04. The van der Waals surface area contributed by atoms with Gasteiger partial charge in [0.2, 0.25) is 0 Å². The second kappa shape index (κ2) is 9.41. The summed E-state index contributed by atoms with van der Waals surface area (Å²) in [5.74, 6) is 1.78. The normalized spacial score (nSPS) is 12.5. The molecule has 0 fully saturated rings. The minimum absolute atomic E-state index is 0. The molecule has 1 heterocycles. The van der Waals surface area contributed by atoms with E-state index in [4.69, 9.17) is 0 Å². The van der Waals surface area contributed by atoms with E-state index in [0.717, 1.165) is 35.8 Å². The quantitative estimate of drug-likeness (QED) is 0.317. The summed E-state index contributed by atoms with van der Waals surface area (Å²) in [4.78, 5) is 12.2. The van der Waals surface area contributed by atoms with E-state index in [1.807, 2.05) is 42.5 Å². The van der Waals surface area contributed by atoms with Gasteiger partial charge in [-0.15, -0.1) is 24.0 Å². The second-order valence-electron chi connectivity index (χ2n) is 5.73. The number of aromatic nitrogens is 2. The van der Waals surface area contributed by atoms with Crippen molar-refractivity contribution in [3.8, 4) is 0 Å². The fourth-order valence-corrected chi connectivity index (χ4v) is 2.65. The van der Waals surface area contributed by atoms with E-state index in [9.17, 15) is 0 Å². The molecule has 3 aromatic rings. The summed E-state index contributed by atoms with van der Waals surface area (Å²) in [6, 6.07) is 18.6. The summed E-state index contributed by atoms with van der Waals surface area (Å²) in [5.41, 5.74) is 3.32. The van der Waals surface area contributed by atoms with Crippen molar-refractivity contribution in [2.24, 2.45) is 4.99 Å². The number of halogens is 1. The Balaban J connectivity index is 0.00000225. The largest absolute Gasteiger partial charge is 0.356 e. The van der Waals surface area contributed by atoms with Crippen molar-refractivity contribution in [3.05, 3.63) is 66.0 Å². The lowest BCUT2D eigenvalue weighted by molar-refractivity contribution is 0.682. The number of imidazole rings is 1. The smallest absolute Gasteiger partial charge is 0.191 e. The van der Waals surface area contributed by atoms with Gasteiger partial charge in [-0.2, -0.15) is 0 Å². The third-order valence-electron chi connectivity index (χ3n) is 3.97. The SMILES string of the molecule is CN=C(NCCc1nc2ccccc2[nH]1)NC(C)c1ccccc1.I. The Kier molecular flexibility index (Phi) is 7.24. The number of hydrogen-bond acceptors (Lipinski definition) is 2. The summed E-state index contributed by atoms with van der Waals surface area (Å²) >= 11 is 0. The standard InChI is InChI=1S/C19H23N5.HI/c1-14(15-8-4-3-5-9-15)22-19(20-2)21-13-12-18-23-16-10-6-7-11-17(16)24-18;/h3-11,14H,12-13H2,1-2H3,(H,23,24)(H2,20,21,22);1H. The highest BCUT2D eigenvalue weighted by molar-refractivity contribution is 14.0. The van der Waals surface area contributed by atoms with Crippen LogP contribution in [0.5, 0.6) is 0 Å². The van der Waals surface area contributed by atoms with Crippen LogP contribution in [0.15, 0.2) is 59.6 Å². The van der Waals surface area contributed by atoms with Crippen LogP contribution in [0.2, 0.25) is 0 Å². The zero-order chi connectivity index (χ0) is 16.8. The maximum Gasteiger partial charge on any atom is 0.191 e. The van der Waals surface area contributed by atoms with Crippen LogP contribution in [0.25, 0.3) is 11.0 Å². The van der Waals surface area contributed by atoms with Gasteiger partial charge < -0.3 is 15.6 Å². The molecule has 0 aliphatic heterocycles. The van der Waals surface area contributed by atoms with Crippen LogP contribution in [-0.2, 0) is 6.42 Å². The first-order valence-corrected chi connectivity index (χ1v) is 8.22. The summed E-state index contributed by atoms with van der Waals surface area (Å²) in [6.45, 7) is 2.89. The number of fused-ring (bicyclic) bond motifs is 1. The van der Waals surface area contributed by atoms with Gasteiger partial charge in [0, 0.05) is 20.0 Å². The number of rotatable bonds is 5. The molecule has 2 aromatic carbocycles. The van der Waals surface area contributed by atoms with Crippen LogP contribution >= 0.6 is 24.0 Å². The molecule has 0 radical (unpaired) electrons. The van der Waals surface area contributed by atoms with E-state index in [2.05, 4.69) is 44.7 Å². The maximum absolute atomic E-state index is 4.59. The van der Waals surface area contributed by atoms with Crippen LogP contribution in [0, 0.1) is 0 Å². The number of aromatic amines is 1. The molecule has 0 saturated heterocycles. The maximum atomic E-state index is 4.59. The van der Waals surface area contributed by atoms with Gasteiger partial charge in [-0.3, -0.25) is 4.99 Å². The van der Waals surface area contributed by atoms with Crippen LogP contribution in [0.1, 0.15) is 24.4 Å². The van der Waals surface area contributed by atoms with Crippen LogP contribution < -0.4 is 10.6 Å². The Bertz CT molecular complexity index is 780. The molecular weight excluding hydrogens is 425 g/mol. The number of guanidine groups is 1. The number of hydrogen-bond donors (Lipinski definition) is 3. The first-order valence-electron chi connectivity index (χ1n) is 8.22. The Hall–Kier alpha value is -2.09. The first-order chi connectivity index (χ1) is 11.8. The molecule has 0 amide bonds. The van der Waals surface area contributed by atoms with Gasteiger partial charge in [0.1, 0.15) is 5.82 Å². The fourth-order valence-electron chi connectivity index (χ4n) is 2.65. The number of benzene rings is 2. The number of nitrogens with zero attached hydrogens (tertiary/aromatic N) is 2. The van der Waals surface area contributed by atoms with E-state index in [1.165, 1.54) is 5.56 Å². The van der Waals surface area contributed by atoms with Crippen molar-refractivity contribution >= 4 is 41.0 Å². The second-order valence-corrected chi connectivity index (χ2v) is 5.73. The van der Waals surface area contributed by atoms with Crippen molar-refractivity contribution < 1.29 is 0 Å². The molecule has 0 bridgehead atoms. The molecule has 3 rings (SSSR count). The Morgan fingerprint density at radius 1 is 1.12 bits per heavy atom. The predicted molar refractivity (Wildman–Crippen MR) is 115 cm³/mol. The molecule has 0 aliphatic rings. The molecule has 132 valence electrons. The molecule has 1 unspecified atom stereocenters. The number of para-hydroxylation sites is 2. The molecule has 25 heavy (non-hydrogen) atoms. The van der Waals surface area contributed by atoms with E-state index in [1.54, 1.807) is 7.05 Å². The number of aliphatic imine (C=N–C) groups is 1. The van der Waals surface area contributed by atoms with Crippen molar-refractivity contribution in [3.63, 3.8) is 0 Å². The minimum Gasteiger partial charge on any atom is -0.356 e. The van der Waals surface area contributed by atoms with Gasteiger partial charge in [0.25, 0.3) is 0 Å². The molecular formula is C19H24IN5. The van der Waals surface area contributed by atoms with E-state index in [0.29, 0.717) is 0 Å². The summed E-state index contributed by atoms with van der Waals surface area (Å²) in [7, 11) is 1.79. The zero-order valence-corrected chi connectivity index (χ0v) is 16.8. The summed E-state index contributed by atoms with van der Waals surface area (Å²) in [5, 5.41) is 6.75. The highest BCUT2D eigenvalue weighted by atomic mass is 127. The van der Waals surface area contributed by atoms with Crippen molar-refractivity contribution in [1.29, 1.82) is 0 Å². The Morgan fingerprint density at radius 3 is 2.56 bits per heavy atom. The molecule has 6 heteroatoms. The predicted octanol–water partition coefficient (Wildman–Crippen LogP) is 3.65. The monoisotopic (exact) mass is 449 g/mol. The molecule has 0 saturated carbocycles. The highest BCUT2D eigenvalue weighted by Crippen LogP contribution is 2.11. The number of H-pyrrole nitrogens is 1. The third-order valence-corrected chi connectivity index (χ3v) is 3.97. The molecule has 5 nitrogen and oxygen atoms in total. The summed E-state index contributed by atoms with van der Waals surface area (Å²) < 4.78 is 0. The van der Waals surface area contributed by atoms with Crippen LogP contribution in [0.3, 0.4) is 0 Å². The third kappa shape index (κ3) is 5.19. The van der Waals surface area contributed by atoms with Gasteiger partial charge in [0.15, 0.2) is 5.96 Å². The van der Waals surface area contributed by atoms with Crippen molar-refractivity contribution in [2.45, 2.75) is 19.4 Å². The minimum atomic E-state index is 0. The van der Waals surface area contributed by atoms with Gasteiger partial charge in [-0.25, -0.2) is 4.98 Å². The van der Waals surface area contributed by atoms with Gasteiger partial charge in [-0.05, 0) is 24.6 Å². The van der Waals surface area contributed by atoms with Crippen LogP contribution in [0.4, 0.5) is 0 Å². The summed E-state index contributed by atoms with van der Waals surface area (Å²) in [6.07, 6.45) is 0.815. The molecule has 0 spiro atoms. The first kappa shape index (κ1) is 19.2. The topological polar surface area (TPSA) is 65.1 Å². The zero-order valence-electron chi connectivity index (χ0n) is 14.5. The van der Waals surface area contributed by atoms with Gasteiger partial charge in [0.05, 0.1) is 17.1 Å². The highest BCUT2D eigenvalue weighted by Gasteiger charge is 2.07. The Labute approximate surface area is 165 Å². The Morgan fingerprint density at radius 2 is 1.84 bits per heavy atom. The molecule has 1 aromatic heterocycles. The lowest BCUT2D eigenvalue weighted by Crippen LogP contribution is -2.39. The average molecular weight is 449 g/mol. The lowest BCUT2D eigenvalue weighted by atomic mass is 10.1. The van der Waals surface area contributed by atoms with Crippen LogP contribution in [-0.4, -0.2) is 29.5 Å². The van der Waals surface area contributed by atoms with E-state index >= 15 is 0 Å². The molecule has 3 N–H and O–H groups in total. The van der Waals surface area contributed by atoms with E-state index in [-0.39, 0.29) is 30.0 Å². The number of nitrogens with one attached hydrogen (secondary N) is 3. The van der Waals surface area contributed by atoms with Crippen molar-refractivity contribution in [1.82, 2.24) is 20.6 Å². The lowest BCUT2D eigenvalue weighted by Gasteiger charge is -2.18. The molecule has 1 atom stereocenters.